The third-order valence-electron chi connectivity index (χ3n) is 4.79. The summed E-state index contributed by atoms with van der Waals surface area (Å²) in [7, 11) is 1.73. The van der Waals surface area contributed by atoms with E-state index >= 15 is 0 Å². The van der Waals surface area contributed by atoms with Crippen LogP contribution in [-0.4, -0.2) is 27.8 Å². The molecule has 1 heterocycles. The standard InChI is InChI=1S/C25H19Cl2N3O/c1-30(16-17-12-20(26)14-21(27)13-17)25(31)22-15-28-24(19-10-6-3-7-11-19)29-23(22)18-8-4-2-5-9-18/h2-15H,16H2,1H3. The molecule has 0 aliphatic carbocycles. The highest BCUT2D eigenvalue weighted by Crippen LogP contribution is 2.26. The lowest BCUT2D eigenvalue weighted by Gasteiger charge is -2.19. The van der Waals surface area contributed by atoms with Gasteiger partial charge in [0, 0.05) is 41.0 Å². The van der Waals surface area contributed by atoms with Gasteiger partial charge in [0.05, 0.1) is 11.3 Å². The van der Waals surface area contributed by atoms with Crippen LogP contribution in [0.25, 0.3) is 22.6 Å². The van der Waals surface area contributed by atoms with E-state index in [1.165, 1.54) is 0 Å². The average Bonchev–Trinajstić information content (AvgIpc) is 2.78. The molecule has 31 heavy (non-hydrogen) atoms. The van der Waals surface area contributed by atoms with Crippen LogP contribution in [0.15, 0.2) is 85.1 Å². The number of amides is 1. The molecule has 0 saturated heterocycles. The second kappa shape index (κ2) is 9.29. The molecule has 0 saturated carbocycles. The molecule has 4 aromatic rings. The fourth-order valence-electron chi connectivity index (χ4n) is 3.33. The van der Waals surface area contributed by atoms with E-state index in [1.54, 1.807) is 36.3 Å². The summed E-state index contributed by atoms with van der Waals surface area (Å²) < 4.78 is 0. The Morgan fingerprint density at radius 2 is 1.45 bits per heavy atom. The van der Waals surface area contributed by atoms with Crippen molar-refractivity contribution in [1.82, 2.24) is 14.9 Å². The van der Waals surface area contributed by atoms with E-state index in [0.29, 0.717) is 33.7 Å². The minimum Gasteiger partial charge on any atom is -0.337 e. The number of hydrogen-bond donors (Lipinski definition) is 0. The number of aromatic nitrogens is 2. The number of carbonyl (C=O) groups is 1. The Labute approximate surface area is 191 Å². The molecule has 0 spiro atoms. The highest BCUT2D eigenvalue weighted by atomic mass is 35.5. The van der Waals surface area contributed by atoms with Crippen molar-refractivity contribution in [3.8, 4) is 22.6 Å². The van der Waals surface area contributed by atoms with Crippen LogP contribution in [0.3, 0.4) is 0 Å². The molecule has 0 N–H and O–H groups in total. The number of rotatable bonds is 5. The largest absolute Gasteiger partial charge is 0.337 e. The predicted molar refractivity (Wildman–Crippen MR) is 125 cm³/mol. The molecule has 1 aromatic heterocycles. The quantitative estimate of drug-likeness (QED) is 0.356. The van der Waals surface area contributed by atoms with Gasteiger partial charge in [-0.25, -0.2) is 9.97 Å². The molecule has 0 aliphatic rings. The molecule has 6 heteroatoms. The van der Waals surface area contributed by atoms with Gasteiger partial charge in [-0.1, -0.05) is 83.9 Å². The molecule has 3 aromatic carbocycles. The molecule has 0 fully saturated rings. The summed E-state index contributed by atoms with van der Waals surface area (Å²) in [6, 6.07) is 24.6. The first-order chi connectivity index (χ1) is 15.0. The van der Waals surface area contributed by atoms with Crippen LogP contribution in [0.1, 0.15) is 15.9 Å². The maximum Gasteiger partial charge on any atom is 0.257 e. The second-order valence-electron chi connectivity index (χ2n) is 7.13. The molecule has 4 nitrogen and oxygen atoms in total. The number of hydrogen-bond acceptors (Lipinski definition) is 3. The summed E-state index contributed by atoms with van der Waals surface area (Å²) in [6.45, 7) is 0.355. The average molecular weight is 448 g/mol. The monoisotopic (exact) mass is 447 g/mol. The van der Waals surface area contributed by atoms with Crippen molar-refractivity contribution in [1.29, 1.82) is 0 Å². The fourth-order valence-corrected chi connectivity index (χ4v) is 3.91. The lowest BCUT2D eigenvalue weighted by atomic mass is 10.1. The highest BCUT2D eigenvalue weighted by Gasteiger charge is 2.20. The van der Waals surface area contributed by atoms with Crippen molar-refractivity contribution in [3.05, 3.63) is 106 Å². The zero-order chi connectivity index (χ0) is 21.8. The van der Waals surface area contributed by atoms with Crippen LogP contribution in [0, 0.1) is 0 Å². The maximum absolute atomic E-state index is 13.3. The Kier molecular flexibility index (Phi) is 6.31. The van der Waals surface area contributed by atoms with Crippen molar-refractivity contribution in [2.75, 3.05) is 7.05 Å². The Balaban J connectivity index is 1.71. The summed E-state index contributed by atoms with van der Waals surface area (Å²) >= 11 is 12.2. The van der Waals surface area contributed by atoms with E-state index < -0.39 is 0 Å². The summed E-state index contributed by atoms with van der Waals surface area (Å²) in [5, 5.41) is 1.06. The van der Waals surface area contributed by atoms with Gasteiger partial charge in [-0.15, -0.1) is 0 Å². The van der Waals surface area contributed by atoms with Crippen molar-refractivity contribution < 1.29 is 4.79 Å². The first kappa shape index (κ1) is 21.0. The van der Waals surface area contributed by atoms with Gasteiger partial charge in [0.15, 0.2) is 5.82 Å². The van der Waals surface area contributed by atoms with Gasteiger partial charge in [0.2, 0.25) is 0 Å². The molecule has 0 aliphatic heterocycles. The van der Waals surface area contributed by atoms with Crippen LogP contribution in [-0.2, 0) is 6.54 Å². The lowest BCUT2D eigenvalue weighted by molar-refractivity contribution is 0.0785. The zero-order valence-electron chi connectivity index (χ0n) is 16.8. The van der Waals surface area contributed by atoms with Crippen molar-refractivity contribution in [2.45, 2.75) is 6.54 Å². The van der Waals surface area contributed by atoms with E-state index in [4.69, 9.17) is 28.2 Å². The van der Waals surface area contributed by atoms with Crippen LogP contribution in [0.2, 0.25) is 10.0 Å². The van der Waals surface area contributed by atoms with Crippen molar-refractivity contribution in [2.24, 2.45) is 0 Å². The molecular weight excluding hydrogens is 429 g/mol. The lowest BCUT2D eigenvalue weighted by Crippen LogP contribution is -2.27. The number of halogens is 2. The van der Waals surface area contributed by atoms with Crippen molar-refractivity contribution in [3.63, 3.8) is 0 Å². The first-order valence-electron chi connectivity index (χ1n) is 9.69. The number of carbonyl (C=O) groups excluding carboxylic acids is 1. The van der Waals surface area contributed by atoms with Gasteiger partial charge in [-0.05, 0) is 23.8 Å². The summed E-state index contributed by atoms with van der Waals surface area (Å²) in [5.74, 6) is 0.384. The minimum absolute atomic E-state index is 0.186. The molecule has 0 unspecified atom stereocenters. The molecule has 0 radical (unpaired) electrons. The third kappa shape index (κ3) is 4.93. The van der Waals surface area contributed by atoms with Crippen LogP contribution >= 0.6 is 23.2 Å². The van der Waals surface area contributed by atoms with Gasteiger partial charge in [-0.2, -0.15) is 0 Å². The highest BCUT2D eigenvalue weighted by molar-refractivity contribution is 6.34. The van der Waals surface area contributed by atoms with E-state index in [1.807, 2.05) is 60.7 Å². The molecule has 154 valence electrons. The zero-order valence-corrected chi connectivity index (χ0v) is 18.3. The molecular formula is C25H19Cl2N3O. The molecule has 1 amide bonds. The number of benzene rings is 3. The first-order valence-corrected chi connectivity index (χ1v) is 10.4. The van der Waals surface area contributed by atoms with Gasteiger partial charge in [0.1, 0.15) is 0 Å². The molecule has 0 bridgehead atoms. The van der Waals surface area contributed by atoms with E-state index in [0.717, 1.165) is 16.7 Å². The third-order valence-corrected chi connectivity index (χ3v) is 5.22. The van der Waals surface area contributed by atoms with E-state index in [9.17, 15) is 4.79 Å². The normalized spacial score (nSPS) is 10.7. The van der Waals surface area contributed by atoms with Gasteiger partial charge in [-0.3, -0.25) is 4.79 Å². The summed E-state index contributed by atoms with van der Waals surface area (Å²) in [5.41, 5.74) is 3.61. The van der Waals surface area contributed by atoms with Crippen LogP contribution in [0.5, 0.6) is 0 Å². The minimum atomic E-state index is -0.186. The second-order valence-corrected chi connectivity index (χ2v) is 8.00. The topological polar surface area (TPSA) is 46.1 Å². The van der Waals surface area contributed by atoms with Crippen LogP contribution < -0.4 is 0 Å². The Hall–Kier alpha value is -3.21. The molecule has 4 rings (SSSR count). The van der Waals surface area contributed by atoms with Gasteiger partial charge in [0.25, 0.3) is 5.91 Å². The maximum atomic E-state index is 13.3. The van der Waals surface area contributed by atoms with Gasteiger partial charge < -0.3 is 4.90 Å². The van der Waals surface area contributed by atoms with Crippen molar-refractivity contribution >= 4 is 29.1 Å². The Morgan fingerprint density at radius 1 is 0.871 bits per heavy atom. The summed E-state index contributed by atoms with van der Waals surface area (Å²) in [4.78, 5) is 24.2. The van der Waals surface area contributed by atoms with E-state index in [2.05, 4.69) is 4.98 Å². The SMILES string of the molecule is CN(Cc1cc(Cl)cc(Cl)c1)C(=O)c1cnc(-c2ccccc2)nc1-c1ccccc1. The fraction of sp³-hybridized carbons (Fsp3) is 0.0800. The smallest absolute Gasteiger partial charge is 0.257 e. The summed E-state index contributed by atoms with van der Waals surface area (Å²) in [6.07, 6.45) is 1.60. The number of nitrogens with zero attached hydrogens (tertiary/aromatic N) is 3. The van der Waals surface area contributed by atoms with E-state index in [-0.39, 0.29) is 5.91 Å². The van der Waals surface area contributed by atoms with Gasteiger partial charge >= 0.3 is 0 Å². The van der Waals surface area contributed by atoms with Crippen LogP contribution in [0.4, 0.5) is 0 Å². The Morgan fingerprint density at radius 3 is 2.06 bits per heavy atom. The Bertz CT molecular complexity index is 1190. The molecule has 0 atom stereocenters. The predicted octanol–water partition coefficient (Wildman–Crippen LogP) is 6.39.